The summed E-state index contributed by atoms with van der Waals surface area (Å²) in [6.07, 6.45) is 4.45. The lowest BCUT2D eigenvalue weighted by Crippen LogP contribution is -2.48. The summed E-state index contributed by atoms with van der Waals surface area (Å²) in [7, 11) is 0. The van der Waals surface area contributed by atoms with Crippen molar-refractivity contribution in [2.24, 2.45) is 5.92 Å². The van der Waals surface area contributed by atoms with E-state index in [1.54, 1.807) is 4.90 Å². The Kier molecular flexibility index (Phi) is 3.10. The van der Waals surface area contributed by atoms with Gasteiger partial charge in [0.25, 0.3) is 5.91 Å². The lowest BCUT2D eigenvalue weighted by Gasteiger charge is -2.35. The Balaban J connectivity index is 1.85. The molecule has 0 bridgehead atoms. The Morgan fingerprint density at radius 3 is 3.11 bits per heavy atom. The number of likely N-dealkylation sites (tertiary alicyclic amines) is 1. The van der Waals surface area contributed by atoms with Crippen molar-refractivity contribution >= 4 is 23.4 Å². The van der Waals surface area contributed by atoms with E-state index in [0.717, 1.165) is 12.8 Å². The largest absolute Gasteiger partial charge is 0.354 e. The maximum atomic E-state index is 12.4. The van der Waals surface area contributed by atoms with E-state index in [4.69, 9.17) is 11.6 Å². The van der Waals surface area contributed by atoms with Crippen molar-refractivity contribution in [3.63, 3.8) is 0 Å². The number of fused-ring (bicyclic) bond motifs is 1. The molecule has 100 valence electrons. The molecule has 2 unspecified atom stereocenters. The third-order valence-electron chi connectivity index (χ3n) is 3.69. The molecular formula is C12H13ClN4O2. The summed E-state index contributed by atoms with van der Waals surface area (Å²) in [6.45, 7) is 1.16. The quantitative estimate of drug-likeness (QED) is 0.812. The molecule has 2 saturated heterocycles. The summed E-state index contributed by atoms with van der Waals surface area (Å²) in [6, 6.07) is -0.0745. The molecule has 7 heteroatoms. The van der Waals surface area contributed by atoms with Gasteiger partial charge in [-0.05, 0) is 12.8 Å². The maximum Gasteiger partial charge on any atom is 0.274 e. The average molecular weight is 281 g/mol. The molecular weight excluding hydrogens is 268 g/mol. The normalized spacial score (nSPS) is 25.9. The number of carbonyl (C=O) groups is 2. The van der Waals surface area contributed by atoms with Crippen LogP contribution < -0.4 is 5.32 Å². The molecule has 3 rings (SSSR count). The predicted molar refractivity (Wildman–Crippen MR) is 67.6 cm³/mol. The number of aromatic nitrogens is 2. The van der Waals surface area contributed by atoms with Crippen LogP contribution in [-0.4, -0.2) is 45.8 Å². The number of amides is 2. The van der Waals surface area contributed by atoms with Crippen LogP contribution in [0.25, 0.3) is 0 Å². The highest BCUT2D eigenvalue weighted by atomic mass is 35.5. The van der Waals surface area contributed by atoms with Crippen molar-refractivity contribution in [2.75, 3.05) is 13.1 Å². The smallest absolute Gasteiger partial charge is 0.274 e. The van der Waals surface area contributed by atoms with Crippen molar-refractivity contribution in [3.05, 3.63) is 23.2 Å². The summed E-state index contributed by atoms with van der Waals surface area (Å²) in [5, 5.41) is 3.01. The number of hydrogen-bond donors (Lipinski definition) is 1. The second-order valence-electron chi connectivity index (χ2n) is 4.79. The highest BCUT2D eigenvalue weighted by Crippen LogP contribution is 2.28. The summed E-state index contributed by atoms with van der Waals surface area (Å²) in [5.41, 5.74) is 0.229. The number of carbonyl (C=O) groups excluding carboxylic acids is 2. The van der Waals surface area contributed by atoms with Crippen molar-refractivity contribution in [1.29, 1.82) is 0 Å². The van der Waals surface area contributed by atoms with Gasteiger partial charge in [0, 0.05) is 13.1 Å². The lowest BCUT2D eigenvalue weighted by atomic mass is 9.91. The summed E-state index contributed by atoms with van der Waals surface area (Å²) >= 11 is 5.75. The van der Waals surface area contributed by atoms with E-state index in [2.05, 4.69) is 15.3 Å². The summed E-state index contributed by atoms with van der Waals surface area (Å²) < 4.78 is 0. The van der Waals surface area contributed by atoms with E-state index in [9.17, 15) is 9.59 Å². The van der Waals surface area contributed by atoms with Crippen LogP contribution >= 0.6 is 11.6 Å². The molecule has 2 aliphatic heterocycles. The first-order chi connectivity index (χ1) is 9.16. The SMILES string of the molecule is O=C1NCC2C1CCCN2C(=O)c1cncc(Cl)n1. The second-order valence-corrected chi connectivity index (χ2v) is 5.17. The zero-order valence-electron chi connectivity index (χ0n) is 10.2. The van der Waals surface area contributed by atoms with Crippen LogP contribution in [0.2, 0.25) is 5.15 Å². The van der Waals surface area contributed by atoms with E-state index < -0.39 is 0 Å². The van der Waals surface area contributed by atoms with Crippen molar-refractivity contribution in [1.82, 2.24) is 20.2 Å². The monoisotopic (exact) mass is 280 g/mol. The Bertz CT molecular complexity index is 536. The van der Waals surface area contributed by atoms with Crippen LogP contribution in [0.5, 0.6) is 0 Å². The van der Waals surface area contributed by atoms with Gasteiger partial charge in [-0.2, -0.15) is 0 Å². The van der Waals surface area contributed by atoms with Gasteiger partial charge in [0.05, 0.1) is 24.4 Å². The standard InChI is InChI=1S/C12H13ClN4O2/c13-10-6-14-4-8(16-10)12(19)17-3-1-2-7-9(17)5-15-11(7)18/h4,6-7,9H,1-3,5H2,(H,15,18). The minimum atomic E-state index is -0.207. The Hall–Kier alpha value is -1.69. The van der Waals surface area contributed by atoms with Gasteiger partial charge in [-0.3, -0.25) is 14.6 Å². The Morgan fingerprint density at radius 2 is 2.32 bits per heavy atom. The third-order valence-corrected chi connectivity index (χ3v) is 3.87. The van der Waals surface area contributed by atoms with Gasteiger partial charge in [-0.25, -0.2) is 4.98 Å². The number of nitrogens with one attached hydrogen (secondary N) is 1. The van der Waals surface area contributed by atoms with Gasteiger partial charge in [-0.15, -0.1) is 0 Å². The highest BCUT2D eigenvalue weighted by Gasteiger charge is 2.43. The lowest BCUT2D eigenvalue weighted by molar-refractivity contribution is -0.123. The van der Waals surface area contributed by atoms with Crippen LogP contribution in [0.1, 0.15) is 23.3 Å². The van der Waals surface area contributed by atoms with Crippen molar-refractivity contribution < 1.29 is 9.59 Å². The molecule has 19 heavy (non-hydrogen) atoms. The predicted octanol–water partition coefficient (Wildman–Crippen LogP) is 0.481. The van der Waals surface area contributed by atoms with Gasteiger partial charge >= 0.3 is 0 Å². The van der Waals surface area contributed by atoms with Crippen LogP contribution in [0.4, 0.5) is 0 Å². The van der Waals surface area contributed by atoms with Gasteiger partial charge in [-0.1, -0.05) is 11.6 Å². The van der Waals surface area contributed by atoms with E-state index in [0.29, 0.717) is 13.1 Å². The first-order valence-corrected chi connectivity index (χ1v) is 6.61. The molecule has 2 fully saturated rings. The molecule has 2 amide bonds. The molecule has 2 atom stereocenters. The Morgan fingerprint density at radius 1 is 1.47 bits per heavy atom. The minimum absolute atomic E-state index is 0.0414. The molecule has 1 aromatic heterocycles. The number of nitrogens with zero attached hydrogens (tertiary/aromatic N) is 3. The summed E-state index contributed by atoms with van der Waals surface area (Å²) in [4.78, 5) is 33.7. The average Bonchev–Trinajstić information content (AvgIpc) is 2.80. The van der Waals surface area contributed by atoms with E-state index in [1.807, 2.05) is 0 Å². The summed E-state index contributed by atoms with van der Waals surface area (Å²) in [5.74, 6) is -0.259. The molecule has 0 saturated carbocycles. The highest BCUT2D eigenvalue weighted by molar-refractivity contribution is 6.29. The van der Waals surface area contributed by atoms with E-state index in [-0.39, 0.29) is 34.6 Å². The first-order valence-electron chi connectivity index (χ1n) is 6.23. The van der Waals surface area contributed by atoms with E-state index >= 15 is 0 Å². The zero-order valence-corrected chi connectivity index (χ0v) is 10.9. The fourth-order valence-corrected chi connectivity index (χ4v) is 2.94. The first kappa shape index (κ1) is 12.3. The van der Waals surface area contributed by atoms with Crippen molar-refractivity contribution in [3.8, 4) is 0 Å². The van der Waals surface area contributed by atoms with Crippen LogP contribution in [-0.2, 0) is 4.79 Å². The fourth-order valence-electron chi connectivity index (χ4n) is 2.80. The third kappa shape index (κ3) is 2.16. The zero-order chi connectivity index (χ0) is 13.4. The van der Waals surface area contributed by atoms with Gasteiger partial charge in [0.2, 0.25) is 5.91 Å². The molecule has 3 heterocycles. The molecule has 1 aromatic rings. The molecule has 2 aliphatic rings. The molecule has 0 aliphatic carbocycles. The second kappa shape index (κ2) is 4.77. The van der Waals surface area contributed by atoms with Crippen LogP contribution in [0.3, 0.4) is 0 Å². The molecule has 0 spiro atoms. The van der Waals surface area contributed by atoms with Gasteiger partial charge in [0.1, 0.15) is 10.8 Å². The number of rotatable bonds is 1. The van der Waals surface area contributed by atoms with Gasteiger partial charge < -0.3 is 10.2 Å². The topological polar surface area (TPSA) is 75.2 Å². The van der Waals surface area contributed by atoms with Crippen LogP contribution in [0, 0.1) is 5.92 Å². The molecule has 0 aromatic carbocycles. The van der Waals surface area contributed by atoms with Crippen LogP contribution in [0.15, 0.2) is 12.4 Å². The van der Waals surface area contributed by atoms with Gasteiger partial charge in [0.15, 0.2) is 0 Å². The van der Waals surface area contributed by atoms with Crippen molar-refractivity contribution in [2.45, 2.75) is 18.9 Å². The number of hydrogen-bond acceptors (Lipinski definition) is 4. The minimum Gasteiger partial charge on any atom is -0.354 e. The number of halogens is 1. The fraction of sp³-hybridized carbons (Fsp3) is 0.500. The number of piperidine rings is 1. The van der Waals surface area contributed by atoms with E-state index in [1.165, 1.54) is 12.4 Å². The maximum absolute atomic E-state index is 12.4. The molecule has 0 radical (unpaired) electrons. The Labute approximate surface area is 115 Å². The molecule has 6 nitrogen and oxygen atoms in total. The molecule has 1 N–H and O–H groups in total.